The lowest BCUT2D eigenvalue weighted by atomic mass is 9.91. The first-order valence-corrected chi connectivity index (χ1v) is 6.07. The molecule has 0 spiro atoms. The van der Waals surface area contributed by atoms with Crippen LogP contribution in [-0.4, -0.2) is 18.5 Å². The number of hydrogen-bond donors (Lipinski definition) is 2. The Balaban J connectivity index is 2.08. The molecule has 0 aromatic heterocycles. The zero-order valence-corrected chi connectivity index (χ0v) is 10.2. The summed E-state index contributed by atoms with van der Waals surface area (Å²) in [6.45, 7) is 2.81. The quantitative estimate of drug-likeness (QED) is 0.850. The molecule has 1 fully saturated rings. The number of hydrogen-bond acceptors (Lipinski definition) is 2. The summed E-state index contributed by atoms with van der Waals surface area (Å²) in [5.41, 5.74) is -0.0993. The van der Waals surface area contributed by atoms with Crippen molar-refractivity contribution < 1.29 is 13.6 Å². The lowest BCUT2D eigenvalue weighted by molar-refractivity contribution is -0.121. The standard InChI is InChI=1S/C13H16F2N2O/c1-8-10(3-2-6-16-8)13(18)17-12-7-9(14)4-5-11(12)15/h4-5,7-8,10,16H,2-3,6H2,1H3,(H,17,18). The molecule has 1 aromatic rings. The summed E-state index contributed by atoms with van der Waals surface area (Å²) in [6.07, 6.45) is 1.67. The Morgan fingerprint density at radius 3 is 2.94 bits per heavy atom. The number of rotatable bonds is 2. The first-order chi connectivity index (χ1) is 8.58. The lowest BCUT2D eigenvalue weighted by Gasteiger charge is -2.28. The van der Waals surface area contributed by atoms with E-state index in [2.05, 4.69) is 10.6 Å². The largest absolute Gasteiger partial charge is 0.323 e. The maximum Gasteiger partial charge on any atom is 0.229 e. The van der Waals surface area contributed by atoms with Crippen molar-refractivity contribution in [1.29, 1.82) is 0 Å². The fourth-order valence-corrected chi connectivity index (χ4v) is 2.22. The van der Waals surface area contributed by atoms with E-state index in [4.69, 9.17) is 0 Å². The van der Waals surface area contributed by atoms with Gasteiger partial charge in [-0.1, -0.05) is 0 Å². The molecule has 2 unspecified atom stereocenters. The van der Waals surface area contributed by atoms with Crippen LogP contribution in [0, 0.1) is 17.6 Å². The van der Waals surface area contributed by atoms with Crippen LogP contribution in [0.15, 0.2) is 18.2 Å². The maximum absolute atomic E-state index is 13.4. The Labute approximate surface area is 105 Å². The summed E-state index contributed by atoms with van der Waals surface area (Å²) in [6, 6.07) is 3.08. The van der Waals surface area contributed by atoms with E-state index in [0.29, 0.717) is 0 Å². The normalized spacial score (nSPS) is 23.7. The van der Waals surface area contributed by atoms with Crippen LogP contribution in [0.3, 0.4) is 0 Å². The van der Waals surface area contributed by atoms with Crippen LogP contribution in [0.2, 0.25) is 0 Å². The maximum atomic E-state index is 13.4. The summed E-state index contributed by atoms with van der Waals surface area (Å²) >= 11 is 0. The molecule has 18 heavy (non-hydrogen) atoms. The van der Waals surface area contributed by atoms with Crippen molar-refractivity contribution in [3.63, 3.8) is 0 Å². The van der Waals surface area contributed by atoms with Gasteiger partial charge in [0.15, 0.2) is 0 Å². The number of piperidine rings is 1. The van der Waals surface area contributed by atoms with Crippen molar-refractivity contribution in [1.82, 2.24) is 5.32 Å². The van der Waals surface area contributed by atoms with Gasteiger partial charge in [-0.25, -0.2) is 8.78 Å². The van der Waals surface area contributed by atoms with Crippen LogP contribution in [0.4, 0.5) is 14.5 Å². The van der Waals surface area contributed by atoms with Gasteiger partial charge in [0.25, 0.3) is 0 Å². The van der Waals surface area contributed by atoms with Gasteiger partial charge < -0.3 is 10.6 Å². The smallest absolute Gasteiger partial charge is 0.229 e. The Morgan fingerprint density at radius 1 is 1.44 bits per heavy atom. The number of amides is 1. The van der Waals surface area contributed by atoms with Gasteiger partial charge >= 0.3 is 0 Å². The molecule has 0 aliphatic carbocycles. The summed E-state index contributed by atoms with van der Waals surface area (Å²) < 4.78 is 26.4. The van der Waals surface area contributed by atoms with Crippen molar-refractivity contribution in [2.75, 3.05) is 11.9 Å². The van der Waals surface area contributed by atoms with Gasteiger partial charge in [-0.15, -0.1) is 0 Å². The molecule has 1 saturated heterocycles. The molecule has 0 saturated carbocycles. The van der Waals surface area contributed by atoms with Gasteiger partial charge in [0.05, 0.1) is 11.6 Å². The Morgan fingerprint density at radius 2 is 2.22 bits per heavy atom. The Kier molecular flexibility index (Phi) is 3.91. The third-order valence-electron chi connectivity index (χ3n) is 3.28. The van der Waals surface area contributed by atoms with Gasteiger partial charge in [0.2, 0.25) is 5.91 Å². The van der Waals surface area contributed by atoms with E-state index in [1.807, 2.05) is 6.92 Å². The van der Waals surface area contributed by atoms with E-state index >= 15 is 0 Å². The van der Waals surface area contributed by atoms with Gasteiger partial charge in [-0.05, 0) is 38.4 Å². The van der Waals surface area contributed by atoms with Gasteiger partial charge in [0.1, 0.15) is 11.6 Å². The van der Waals surface area contributed by atoms with Gasteiger partial charge in [-0.2, -0.15) is 0 Å². The number of carbonyl (C=O) groups is 1. The number of anilines is 1. The second-order valence-corrected chi connectivity index (χ2v) is 4.60. The number of carbonyl (C=O) groups excluding carboxylic acids is 1. The highest BCUT2D eigenvalue weighted by atomic mass is 19.1. The first kappa shape index (κ1) is 13.0. The summed E-state index contributed by atoms with van der Waals surface area (Å²) in [7, 11) is 0. The highest BCUT2D eigenvalue weighted by Crippen LogP contribution is 2.21. The van der Waals surface area contributed by atoms with Crippen LogP contribution < -0.4 is 10.6 Å². The van der Waals surface area contributed by atoms with Crippen molar-refractivity contribution in [2.24, 2.45) is 5.92 Å². The molecule has 1 aliphatic heterocycles. The van der Waals surface area contributed by atoms with Gasteiger partial charge in [0, 0.05) is 12.1 Å². The number of benzene rings is 1. The lowest BCUT2D eigenvalue weighted by Crippen LogP contribution is -2.44. The van der Waals surface area contributed by atoms with Crippen molar-refractivity contribution in [2.45, 2.75) is 25.8 Å². The van der Waals surface area contributed by atoms with Crippen molar-refractivity contribution in [3.8, 4) is 0 Å². The molecule has 98 valence electrons. The van der Waals surface area contributed by atoms with E-state index in [1.54, 1.807) is 0 Å². The van der Waals surface area contributed by atoms with Crippen molar-refractivity contribution in [3.05, 3.63) is 29.8 Å². The summed E-state index contributed by atoms with van der Waals surface area (Å²) in [5.74, 6) is -1.66. The van der Waals surface area contributed by atoms with E-state index in [-0.39, 0.29) is 23.6 Å². The zero-order valence-electron chi connectivity index (χ0n) is 10.2. The molecule has 0 bridgehead atoms. The highest BCUT2D eigenvalue weighted by molar-refractivity contribution is 5.93. The van der Waals surface area contributed by atoms with E-state index in [1.165, 1.54) is 0 Å². The zero-order chi connectivity index (χ0) is 13.1. The number of halogens is 2. The molecule has 2 rings (SSSR count). The van der Waals surface area contributed by atoms with E-state index < -0.39 is 11.6 Å². The van der Waals surface area contributed by atoms with E-state index in [9.17, 15) is 13.6 Å². The third-order valence-corrected chi connectivity index (χ3v) is 3.28. The van der Waals surface area contributed by atoms with Crippen LogP contribution in [-0.2, 0) is 4.79 Å². The monoisotopic (exact) mass is 254 g/mol. The molecular weight excluding hydrogens is 238 g/mol. The van der Waals surface area contributed by atoms with Gasteiger partial charge in [-0.3, -0.25) is 4.79 Å². The minimum Gasteiger partial charge on any atom is -0.323 e. The van der Waals surface area contributed by atoms with Crippen LogP contribution >= 0.6 is 0 Å². The molecule has 1 aliphatic rings. The Bertz CT molecular complexity index is 451. The SMILES string of the molecule is CC1NCCCC1C(=O)Nc1cc(F)ccc1F. The van der Waals surface area contributed by atoms with Crippen LogP contribution in [0.25, 0.3) is 0 Å². The predicted octanol–water partition coefficient (Wildman–Crippen LogP) is 2.29. The molecule has 2 N–H and O–H groups in total. The number of nitrogens with one attached hydrogen (secondary N) is 2. The predicted molar refractivity (Wildman–Crippen MR) is 65.2 cm³/mol. The molecule has 0 radical (unpaired) electrons. The summed E-state index contributed by atoms with van der Waals surface area (Å²) in [4.78, 5) is 12.0. The molecule has 2 atom stereocenters. The first-order valence-electron chi connectivity index (χ1n) is 6.07. The van der Waals surface area contributed by atoms with Crippen LogP contribution in [0.1, 0.15) is 19.8 Å². The highest BCUT2D eigenvalue weighted by Gasteiger charge is 2.27. The molecule has 3 nitrogen and oxygen atoms in total. The minimum absolute atomic E-state index is 0.0513. The third kappa shape index (κ3) is 2.85. The average Bonchev–Trinajstić information content (AvgIpc) is 2.34. The summed E-state index contributed by atoms with van der Waals surface area (Å²) in [5, 5.41) is 5.65. The minimum atomic E-state index is -0.624. The van der Waals surface area contributed by atoms with E-state index in [0.717, 1.165) is 37.6 Å². The fraction of sp³-hybridized carbons (Fsp3) is 0.462. The molecule has 5 heteroatoms. The van der Waals surface area contributed by atoms with Crippen LogP contribution in [0.5, 0.6) is 0 Å². The molecule has 1 aromatic carbocycles. The average molecular weight is 254 g/mol. The molecule has 1 heterocycles. The Hall–Kier alpha value is -1.49. The fourth-order valence-electron chi connectivity index (χ4n) is 2.22. The molecular formula is C13H16F2N2O. The second-order valence-electron chi connectivity index (χ2n) is 4.60. The second kappa shape index (κ2) is 5.44. The van der Waals surface area contributed by atoms with Crippen molar-refractivity contribution >= 4 is 11.6 Å². The topological polar surface area (TPSA) is 41.1 Å². The molecule has 1 amide bonds.